The molecule has 5 nitrogen and oxygen atoms in total. The number of imidazole rings is 1. The Balaban J connectivity index is 2.10. The lowest BCUT2D eigenvalue weighted by Crippen LogP contribution is -2.06. The van der Waals surface area contributed by atoms with Gasteiger partial charge in [-0.2, -0.15) is 4.98 Å². The predicted octanol–water partition coefficient (Wildman–Crippen LogP) is 2.15. The van der Waals surface area contributed by atoms with Crippen molar-refractivity contribution >= 4 is 5.78 Å². The largest absolute Gasteiger partial charge is 0.330 e. The average molecular weight is 269 g/mol. The maximum Gasteiger partial charge on any atom is 0.251 e. The van der Waals surface area contributed by atoms with E-state index < -0.39 is 0 Å². The lowest BCUT2D eigenvalue weighted by molar-refractivity contribution is 0.835. The van der Waals surface area contributed by atoms with Crippen LogP contribution in [-0.2, 0) is 6.42 Å². The number of hydrogen-bond acceptors (Lipinski definition) is 3. The highest BCUT2D eigenvalue weighted by atomic mass is 15.3. The summed E-state index contributed by atoms with van der Waals surface area (Å²) in [5.41, 5.74) is 11.4. The van der Waals surface area contributed by atoms with Gasteiger partial charge in [-0.3, -0.25) is 5.10 Å². The van der Waals surface area contributed by atoms with Crippen molar-refractivity contribution in [1.29, 1.82) is 0 Å². The van der Waals surface area contributed by atoms with Gasteiger partial charge < -0.3 is 5.73 Å². The van der Waals surface area contributed by atoms with Crippen LogP contribution in [0.15, 0.2) is 18.2 Å². The van der Waals surface area contributed by atoms with Crippen LogP contribution in [0.2, 0.25) is 0 Å². The second-order valence-electron chi connectivity index (χ2n) is 5.19. The van der Waals surface area contributed by atoms with E-state index in [1.54, 1.807) is 0 Å². The highest BCUT2D eigenvalue weighted by molar-refractivity contribution is 5.59. The average Bonchev–Trinajstić information content (AvgIpc) is 2.93. The summed E-state index contributed by atoms with van der Waals surface area (Å²) in [6, 6.07) is 6.33. The first kappa shape index (κ1) is 12.9. The maximum absolute atomic E-state index is 5.66. The number of aromatic nitrogens is 4. The molecule has 20 heavy (non-hydrogen) atoms. The second kappa shape index (κ2) is 4.76. The first-order valence-electron chi connectivity index (χ1n) is 6.82. The molecule has 3 aromatic rings. The van der Waals surface area contributed by atoms with Gasteiger partial charge in [0.1, 0.15) is 0 Å². The van der Waals surface area contributed by atoms with E-state index in [1.807, 2.05) is 11.4 Å². The molecule has 0 atom stereocenters. The number of nitrogens with two attached hydrogens (primary N) is 1. The zero-order chi connectivity index (χ0) is 14.3. The molecule has 0 unspecified atom stereocenters. The van der Waals surface area contributed by atoms with Crippen molar-refractivity contribution in [2.24, 2.45) is 5.73 Å². The summed E-state index contributed by atoms with van der Waals surface area (Å²) in [6.07, 6.45) is 0.793. The Labute approximate surface area is 117 Å². The van der Waals surface area contributed by atoms with E-state index in [4.69, 9.17) is 5.73 Å². The van der Waals surface area contributed by atoms with Crippen LogP contribution in [-0.4, -0.2) is 26.1 Å². The Morgan fingerprint density at radius 2 is 1.95 bits per heavy atom. The van der Waals surface area contributed by atoms with Crippen molar-refractivity contribution < 1.29 is 0 Å². The lowest BCUT2D eigenvalue weighted by atomic mass is 10.1. The molecular weight excluding hydrogens is 250 g/mol. The highest BCUT2D eigenvalue weighted by Crippen LogP contribution is 2.21. The summed E-state index contributed by atoms with van der Waals surface area (Å²) in [7, 11) is 0. The van der Waals surface area contributed by atoms with Gasteiger partial charge in [0.25, 0.3) is 5.78 Å². The molecule has 0 aliphatic rings. The molecule has 3 N–H and O–H groups in total. The fourth-order valence-corrected chi connectivity index (χ4v) is 2.42. The SMILES string of the molecule is Cc1ccc(-c2nc3nc(C)c(CCN)n3[nH]2)cc1C. The lowest BCUT2D eigenvalue weighted by Gasteiger charge is -2.02. The topological polar surface area (TPSA) is 72.0 Å². The van der Waals surface area contributed by atoms with Crippen LogP contribution >= 0.6 is 0 Å². The number of hydrogen-bond donors (Lipinski definition) is 2. The molecule has 5 heteroatoms. The molecule has 1 aromatic carbocycles. The van der Waals surface area contributed by atoms with Crippen LogP contribution < -0.4 is 5.73 Å². The summed E-state index contributed by atoms with van der Waals surface area (Å²) in [5.74, 6) is 1.55. The molecular formula is C15H19N5. The summed E-state index contributed by atoms with van der Waals surface area (Å²) in [5, 5.41) is 3.32. The van der Waals surface area contributed by atoms with E-state index in [0.29, 0.717) is 12.3 Å². The first-order valence-corrected chi connectivity index (χ1v) is 6.82. The van der Waals surface area contributed by atoms with Gasteiger partial charge in [-0.15, -0.1) is 0 Å². The number of nitrogens with zero attached hydrogens (tertiary/aromatic N) is 3. The Morgan fingerprint density at radius 1 is 1.15 bits per heavy atom. The normalized spacial score (nSPS) is 11.4. The molecule has 0 amide bonds. The molecule has 0 aliphatic heterocycles. The summed E-state index contributed by atoms with van der Waals surface area (Å²) in [4.78, 5) is 9.06. The monoisotopic (exact) mass is 269 g/mol. The van der Waals surface area contributed by atoms with Gasteiger partial charge in [0.2, 0.25) is 0 Å². The van der Waals surface area contributed by atoms with E-state index in [1.165, 1.54) is 11.1 Å². The van der Waals surface area contributed by atoms with Crippen molar-refractivity contribution in [3.63, 3.8) is 0 Å². The Morgan fingerprint density at radius 3 is 2.65 bits per heavy atom. The molecule has 0 saturated carbocycles. The third-order valence-corrected chi connectivity index (χ3v) is 3.75. The molecule has 2 heterocycles. The fourth-order valence-electron chi connectivity index (χ4n) is 2.42. The third kappa shape index (κ3) is 2.00. The number of rotatable bonds is 3. The Bertz CT molecular complexity index is 766. The van der Waals surface area contributed by atoms with Gasteiger partial charge in [0.05, 0.1) is 11.4 Å². The van der Waals surface area contributed by atoms with Gasteiger partial charge in [0.15, 0.2) is 5.82 Å². The number of aryl methyl sites for hydroxylation is 3. The predicted molar refractivity (Wildman–Crippen MR) is 79.7 cm³/mol. The van der Waals surface area contributed by atoms with Crippen molar-refractivity contribution in [3.8, 4) is 11.4 Å². The first-order chi connectivity index (χ1) is 9.60. The summed E-state index contributed by atoms with van der Waals surface area (Å²) < 4.78 is 1.94. The van der Waals surface area contributed by atoms with Gasteiger partial charge in [0, 0.05) is 12.0 Å². The Kier molecular flexibility index (Phi) is 3.06. The number of H-pyrrole nitrogens is 1. The van der Waals surface area contributed by atoms with E-state index >= 15 is 0 Å². The van der Waals surface area contributed by atoms with Crippen LogP contribution in [0.1, 0.15) is 22.5 Å². The smallest absolute Gasteiger partial charge is 0.251 e. The third-order valence-electron chi connectivity index (χ3n) is 3.75. The van der Waals surface area contributed by atoms with Crippen LogP contribution in [0.3, 0.4) is 0 Å². The van der Waals surface area contributed by atoms with Gasteiger partial charge >= 0.3 is 0 Å². The quantitative estimate of drug-likeness (QED) is 0.765. The minimum Gasteiger partial charge on any atom is -0.330 e. The molecule has 0 aliphatic carbocycles. The fraction of sp³-hybridized carbons (Fsp3) is 0.333. The second-order valence-corrected chi connectivity index (χ2v) is 5.19. The van der Waals surface area contributed by atoms with E-state index in [2.05, 4.69) is 47.1 Å². The van der Waals surface area contributed by atoms with Crippen molar-refractivity contribution in [2.75, 3.05) is 6.54 Å². The molecule has 104 valence electrons. The number of nitrogens with one attached hydrogen (secondary N) is 1. The molecule has 0 spiro atoms. The maximum atomic E-state index is 5.66. The molecule has 2 aromatic heterocycles. The van der Waals surface area contributed by atoms with E-state index in [9.17, 15) is 0 Å². The van der Waals surface area contributed by atoms with E-state index in [-0.39, 0.29) is 0 Å². The zero-order valence-electron chi connectivity index (χ0n) is 12.1. The van der Waals surface area contributed by atoms with Crippen LogP contribution in [0, 0.1) is 20.8 Å². The molecule has 0 bridgehead atoms. The van der Waals surface area contributed by atoms with Crippen LogP contribution in [0.25, 0.3) is 17.2 Å². The van der Waals surface area contributed by atoms with Gasteiger partial charge in [-0.05, 0) is 44.5 Å². The van der Waals surface area contributed by atoms with Gasteiger partial charge in [-0.25, -0.2) is 9.50 Å². The van der Waals surface area contributed by atoms with Crippen LogP contribution in [0.4, 0.5) is 0 Å². The van der Waals surface area contributed by atoms with E-state index in [0.717, 1.165) is 29.2 Å². The van der Waals surface area contributed by atoms with Crippen molar-refractivity contribution in [2.45, 2.75) is 27.2 Å². The molecule has 3 rings (SSSR count). The Hall–Kier alpha value is -2.14. The van der Waals surface area contributed by atoms with Gasteiger partial charge in [-0.1, -0.05) is 12.1 Å². The molecule has 0 fully saturated rings. The summed E-state index contributed by atoms with van der Waals surface area (Å²) in [6.45, 7) is 6.81. The minimum atomic E-state index is 0.604. The van der Waals surface area contributed by atoms with Crippen molar-refractivity contribution in [3.05, 3.63) is 40.7 Å². The summed E-state index contributed by atoms with van der Waals surface area (Å²) >= 11 is 0. The van der Waals surface area contributed by atoms with Crippen molar-refractivity contribution in [1.82, 2.24) is 19.6 Å². The molecule has 0 radical (unpaired) electrons. The molecule has 0 saturated heterocycles. The van der Waals surface area contributed by atoms with Crippen LogP contribution in [0.5, 0.6) is 0 Å². The standard InChI is InChI=1S/C15H19N5/c1-9-4-5-12(8-10(9)2)14-18-15-17-11(3)13(6-7-16)20(15)19-14/h4-5,8H,6-7,16H2,1-3H3,(H,17,18,19). The number of benzene rings is 1. The number of aromatic amines is 1. The highest BCUT2D eigenvalue weighted by Gasteiger charge is 2.13. The number of fused-ring (bicyclic) bond motifs is 1. The minimum absolute atomic E-state index is 0.604. The zero-order valence-corrected chi connectivity index (χ0v) is 12.1.